The monoisotopic (exact) mass is 306 g/mol. The van der Waals surface area contributed by atoms with Gasteiger partial charge in [0.05, 0.1) is 0 Å². The lowest BCUT2D eigenvalue weighted by Crippen LogP contribution is -2.34. The number of nitrogens with two attached hydrogens (primary N) is 1. The molecule has 1 atom stereocenters. The molecule has 4 nitrogen and oxygen atoms in total. The predicted molar refractivity (Wildman–Crippen MR) is 66.1 cm³/mol. The van der Waals surface area contributed by atoms with Crippen LogP contribution >= 0.6 is 22.6 Å². The van der Waals surface area contributed by atoms with Gasteiger partial charge in [-0.05, 0) is 28.5 Å². The first-order valence-corrected chi connectivity index (χ1v) is 5.64. The normalized spacial score (nSPS) is 12.9. The Bertz CT molecular complexity index is 273. The van der Waals surface area contributed by atoms with Gasteiger partial charge in [0.25, 0.3) is 0 Å². The highest BCUT2D eigenvalue weighted by molar-refractivity contribution is 14.1. The van der Waals surface area contributed by atoms with Crippen molar-refractivity contribution < 1.29 is 0 Å². The summed E-state index contributed by atoms with van der Waals surface area (Å²) in [6, 6.07) is 0.137. The Morgan fingerprint density at radius 3 is 2.50 bits per heavy atom. The Kier molecular flexibility index (Phi) is 4.53. The van der Waals surface area contributed by atoms with Crippen molar-refractivity contribution in [3.05, 3.63) is 16.0 Å². The highest BCUT2D eigenvalue weighted by Crippen LogP contribution is 2.04. The number of aromatic nitrogens is 2. The zero-order valence-corrected chi connectivity index (χ0v) is 10.5. The van der Waals surface area contributed by atoms with Gasteiger partial charge in [0, 0.05) is 28.6 Å². The quantitative estimate of drug-likeness (QED) is 0.827. The average Bonchev–Trinajstić information content (AvgIpc) is 2.16. The molecule has 0 aliphatic rings. The van der Waals surface area contributed by atoms with Crippen molar-refractivity contribution in [3.8, 4) is 0 Å². The molecular weight excluding hydrogens is 291 g/mol. The van der Waals surface area contributed by atoms with Crippen LogP contribution in [-0.4, -0.2) is 22.6 Å². The molecule has 1 heterocycles. The van der Waals surface area contributed by atoms with Crippen LogP contribution in [0.25, 0.3) is 0 Å². The lowest BCUT2D eigenvalue weighted by Gasteiger charge is -2.15. The van der Waals surface area contributed by atoms with Crippen LogP contribution < -0.4 is 11.1 Å². The zero-order chi connectivity index (χ0) is 10.6. The third kappa shape index (κ3) is 3.75. The molecule has 5 heteroatoms. The first-order chi connectivity index (χ1) is 6.59. The molecule has 0 radical (unpaired) electrons. The van der Waals surface area contributed by atoms with Crippen LogP contribution in [0.3, 0.4) is 0 Å². The molecule has 1 aromatic heterocycles. The Labute approximate surface area is 97.8 Å². The number of hydrogen-bond donors (Lipinski definition) is 2. The van der Waals surface area contributed by atoms with Gasteiger partial charge in [-0.2, -0.15) is 0 Å². The van der Waals surface area contributed by atoms with Crippen molar-refractivity contribution in [1.82, 2.24) is 9.97 Å². The third-order valence-electron chi connectivity index (χ3n) is 1.97. The van der Waals surface area contributed by atoms with E-state index in [2.05, 4.69) is 51.7 Å². The van der Waals surface area contributed by atoms with Crippen LogP contribution in [0.15, 0.2) is 12.4 Å². The number of rotatable bonds is 4. The third-order valence-corrected chi connectivity index (χ3v) is 2.53. The molecule has 0 spiro atoms. The molecule has 0 fully saturated rings. The first-order valence-electron chi connectivity index (χ1n) is 4.56. The van der Waals surface area contributed by atoms with Crippen molar-refractivity contribution >= 4 is 28.5 Å². The molecule has 1 unspecified atom stereocenters. The lowest BCUT2D eigenvalue weighted by atomic mass is 10.1. The molecule has 3 N–H and O–H groups in total. The second-order valence-electron chi connectivity index (χ2n) is 3.51. The predicted octanol–water partition coefficient (Wildman–Crippen LogP) is 1.48. The summed E-state index contributed by atoms with van der Waals surface area (Å²) < 4.78 is 1.03. The largest absolute Gasteiger partial charge is 0.353 e. The SMILES string of the molecule is CC(C)C(N)CNc1ncc(I)cn1. The average molecular weight is 306 g/mol. The van der Waals surface area contributed by atoms with Gasteiger partial charge in [-0.3, -0.25) is 0 Å². The number of nitrogens with zero attached hydrogens (tertiary/aromatic N) is 2. The van der Waals surface area contributed by atoms with Gasteiger partial charge in [0.1, 0.15) is 0 Å². The van der Waals surface area contributed by atoms with E-state index in [9.17, 15) is 0 Å². The fraction of sp³-hybridized carbons (Fsp3) is 0.556. The molecule has 0 bridgehead atoms. The van der Waals surface area contributed by atoms with Crippen LogP contribution in [0.1, 0.15) is 13.8 Å². The number of halogens is 1. The highest BCUT2D eigenvalue weighted by atomic mass is 127. The minimum atomic E-state index is 0.137. The molecule has 1 rings (SSSR count). The smallest absolute Gasteiger partial charge is 0.222 e. The molecular formula is C9H15IN4. The van der Waals surface area contributed by atoms with E-state index >= 15 is 0 Å². The van der Waals surface area contributed by atoms with Crippen LogP contribution in [0.5, 0.6) is 0 Å². The molecule has 0 aliphatic carbocycles. The first kappa shape index (κ1) is 11.6. The molecule has 0 aromatic carbocycles. The number of hydrogen-bond acceptors (Lipinski definition) is 4. The van der Waals surface area contributed by atoms with E-state index < -0.39 is 0 Å². The summed E-state index contributed by atoms with van der Waals surface area (Å²) in [4.78, 5) is 8.25. The second-order valence-corrected chi connectivity index (χ2v) is 4.76. The molecule has 78 valence electrons. The molecule has 1 aromatic rings. The highest BCUT2D eigenvalue weighted by Gasteiger charge is 2.07. The van der Waals surface area contributed by atoms with Crippen molar-refractivity contribution in [3.63, 3.8) is 0 Å². The van der Waals surface area contributed by atoms with E-state index in [1.54, 1.807) is 12.4 Å². The topological polar surface area (TPSA) is 63.8 Å². The van der Waals surface area contributed by atoms with Crippen molar-refractivity contribution in [2.24, 2.45) is 11.7 Å². The van der Waals surface area contributed by atoms with Gasteiger partial charge < -0.3 is 11.1 Å². The fourth-order valence-electron chi connectivity index (χ4n) is 0.848. The van der Waals surface area contributed by atoms with E-state index in [-0.39, 0.29) is 6.04 Å². The second kappa shape index (κ2) is 5.45. The van der Waals surface area contributed by atoms with Crippen molar-refractivity contribution in [1.29, 1.82) is 0 Å². The van der Waals surface area contributed by atoms with Crippen molar-refractivity contribution in [2.45, 2.75) is 19.9 Å². The minimum Gasteiger partial charge on any atom is -0.353 e. The summed E-state index contributed by atoms with van der Waals surface area (Å²) in [7, 11) is 0. The van der Waals surface area contributed by atoms with Crippen molar-refractivity contribution in [2.75, 3.05) is 11.9 Å². The van der Waals surface area contributed by atoms with Gasteiger partial charge in [0.15, 0.2) is 0 Å². The van der Waals surface area contributed by atoms with E-state index in [1.807, 2.05) is 0 Å². The Morgan fingerprint density at radius 1 is 1.43 bits per heavy atom. The van der Waals surface area contributed by atoms with E-state index in [0.717, 1.165) is 3.57 Å². The number of anilines is 1. The van der Waals surface area contributed by atoms with Gasteiger partial charge in [-0.25, -0.2) is 9.97 Å². The maximum atomic E-state index is 5.87. The minimum absolute atomic E-state index is 0.137. The van der Waals surface area contributed by atoms with E-state index in [0.29, 0.717) is 18.4 Å². The summed E-state index contributed by atoms with van der Waals surface area (Å²) >= 11 is 2.17. The maximum absolute atomic E-state index is 5.87. The van der Waals surface area contributed by atoms with E-state index in [4.69, 9.17) is 5.73 Å². The van der Waals surface area contributed by atoms with E-state index in [1.165, 1.54) is 0 Å². The zero-order valence-electron chi connectivity index (χ0n) is 8.37. The van der Waals surface area contributed by atoms with Crippen LogP contribution in [0.4, 0.5) is 5.95 Å². The lowest BCUT2D eigenvalue weighted by molar-refractivity contribution is 0.510. The molecule has 0 saturated carbocycles. The fourth-order valence-corrected chi connectivity index (χ4v) is 1.13. The molecule has 0 aliphatic heterocycles. The summed E-state index contributed by atoms with van der Waals surface area (Å²) in [5.74, 6) is 1.10. The summed E-state index contributed by atoms with van der Waals surface area (Å²) in [5, 5.41) is 3.10. The Balaban J connectivity index is 2.42. The summed E-state index contributed by atoms with van der Waals surface area (Å²) in [5.41, 5.74) is 5.87. The molecule has 0 saturated heterocycles. The Morgan fingerprint density at radius 2 is 2.00 bits per heavy atom. The van der Waals surface area contributed by atoms with Gasteiger partial charge in [0.2, 0.25) is 5.95 Å². The molecule has 14 heavy (non-hydrogen) atoms. The van der Waals surface area contributed by atoms with Crippen LogP contribution in [0, 0.1) is 9.49 Å². The summed E-state index contributed by atoms with van der Waals surface area (Å²) in [6.45, 7) is 4.90. The standard InChI is InChI=1S/C9H15IN4/c1-6(2)8(11)5-14-9-12-3-7(10)4-13-9/h3-4,6,8H,5,11H2,1-2H3,(H,12,13,14). The van der Waals surface area contributed by atoms with Gasteiger partial charge in [-0.15, -0.1) is 0 Å². The van der Waals surface area contributed by atoms with Crippen LogP contribution in [-0.2, 0) is 0 Å². The number of nitrogens with one attached hydrogen (secondary N) is 1. The summed E-state index contributed by atoms with van der Waals surface area (Å²) in [6.07, 6.45) is 3.55. The maximum Gasteiger partial charge on any atom is 0.222 e. The molecule has 0 amide bonds. The Hall–Kier alpha value is -0.430. The van der Waals surface area contributed by atoms with Crippen LogP contribution in [0.2, 0.25) is 0 Å². The van der Waals surface area contributed by atoms with Gasteiger partial charge >= 0.3 is 0 Å². The van der Waals surface area contributed by atoms with Gasteiger partial charge in [-0.1, -0.05) is 13.8 Å².